The first-order valence-electron chi connectivity index (χ1n) is 6.23. The highest BCUT2D eigenvalue weighted by molar-refractivity contribution is 5.97. The van der Waals surface area contributed by atoms with E-state index in [2.05, 4.69) is 5.32 Å². The van der Waals surface area contributed by atoms with Gasteiger partial charge < -0.3 is 15.5 Å². The molecule has 3 N–H and O–H groups in total. The maximum absolute atomic E-state index is 11.9. The Bertz CT molecular complexity index is 570. The number of carboxylic acids is 1. The lowest BCUT2D eigenvalue weighted by Crippen LogP contribution is -2.41. The minimum Gasteiger partial charge on any atom is -0.502 e. The number of nitro groups is 1. The molecule has 1 aromatic carbocycles. The quantitative estimate of drug-likeness (QED) is 0.539. The van der Waals surface area contributed by atoms with E-state index in [-0.39, 0.29) is 17.9 Å². The topological polar surface area (TPSA) is 130 Å². The summed E-state index contributed by atoms with van der Waals surface area (Å²) in [5, 5.41) is 31.4. The van der Waals surface area contributed by atoms with Crippen LogP contribution >= 0.6 is 0 Å². The van der Waals surface area contributed by atoms with E-state index in [0.29, 0.717) is 0 Å². The van der Waals surface area contributed by atoms with Crippen LogP contribution in [0.5, 0.6) is 5.75 Å². The van der Waals surface area contributed by atoms with Crippen molar-refractivity contribution in [1.82, 2.24) is 5.32 Å². The van der Waals surface area contributed by atoms with Crippen LogP contribution < -0.4 is 5.32 Å². The van der Waals surface area contributed by atoms with Gasteiger partial charge in [0.15, 0.2) is 5.75 Å². The van der Waals surface area contributed by atoms with Gasteiger partial charge in [0.05, 0.1) is 4.92 Å². The monoisotopic (exact) mass is 296 g/mol. The van der Waals surface area contributed by atoms with Crippen LogP contribution in [0.3, 0.4) is 0 Å². The molecule has 8 heteroatoms. The second-order valence-electron chi connectivity index (χ2n) is 4.95. The van der Waals surface area contributed by atoms with Crippen molar-refractivity contribution in [2.24, 2.45) is 5.92 Å². The molecule has 0 saturated carbocycles. The Morgan fingerprint density at radius 1 is 1.38 bits per heavy atom. The Morgan fingerprint density at radius 2 is 2.00 bits per heavy atom. The lowest BCUT2D eigenvalue weighted by molar-refractivity contribution is -0.385. The Hall–Kier alpha value is -2.64. The van der Waals surface area contributed by atoms with Crippen LogP contribution in [0.25, 0.3) is 0 Å². The highest BCUT2D eigenvalue weighted by Gasteiger charge is 2.23. The summed E-state index contributed by atoms with van der Waals surface area (Å²) in [6, 6.07) is 2.01. The van der Waals surface area contributed by atoms with Crippen LogP contribution in [0, 0.1) is 16.0 Å². The number of amides is 1. The third-order valence-electron chi connectivity index (χ3n) is 2.74. The number of carbonyl (C=O) groups excluding carboxylic acids is 1. The summed E-state index contributed by atoms with van der Waals surface area (Å²) in [7, 11) is 0. The number of aromatic hydroxyl groups is 1. The third kappa shape index (κ3) is 4.44. The predicted molar refractivity (Wildman–Crippen MR) is 73.1 cm³/mol. The van der Waals surface area contributed by atoms with Crippen molar-refractivity contribution < 1.29 is 24.7 Å². The van der Waals surface area contributed by atoms with Gasteiger partial charge in [0.25, 0.3) is 5.91 Å². The molecule has 0 spiro atoms. The molecule has 8 nitrogen and oxygen atoms in total. The number of rotatable bonds is 6. The van der Waals surface area contributed by atoms with Crippen molar-refractivity contribution in [3.05, 3.63) is 33.9 Å². The summed E-state index contributed by atoms with van der Waals surface area (Å²) in [4.78, 5) is 32.8. The maximum atomic E-state index is 11.9. The molecule has 0 aliphatic carbocycles. The van der Waals surface area contributed by atoms with Gasteiger partial charge in [-0.3, -0.25) is 14.9 Å². The number of nitrogens with one attached hydrogen (secondary N) is 1. The van der Waals surface area contributed by atoms with Crippen molar-refractivity contribution in [2.45, 2.75) is 26.3 Å². The van der Waals surface area contributed by atoms with Gasteiger partial charge in [0.1, 0.15) is 6.04 Å². The standard InChI is InChI=1S/C13H16N2O6/c1-7(2)5-9(13(18)19)14-12(17)8-3-4-10(15(20)21)11(16)6-8/h3-4,6-7,9,16H,5H2,1-2H3,(H,14,17)(H,18,19)/t9-/m1/s1. The zero-order valence-electron chi connectivity index (χ0n) is 11.6. The van der Waals surface area contributed by atoms with Gasteiger partial charge in [-0.25, -0.2) is 4.79 Å². The van der Waals surface area contributed by atoms with Crippen LogP contribution in [0.2, 0.25) is 0 Å². The largest absolute Gasteiger partial charge is 0.502 e. The minimum atomic E-state index is -1.16. The molecule has 0 aromatic heterocycles. The molecule has 1 aromatic rings. The van der Waals surface area contributed by atoms with E-state index in [4.69, 9.17) is 5.11 Å². The molecule has 0 aliphatic heterocycles. The molecule has 114 valence electrons. The molecule has 0 saturated heterocycles. The molecular formula is C13H16N2O6. The number of hydrogen-bond acceptors (Lipinski definition) is 5. The number of phenolic OH excluding ortho intramolecular Hbond substituents is 1. The average molecular weight is 296 g/mol. The molecule has 0 heterocycles. The highest BCUT2D eigenvalue weighted by Crippen LogP contribution is 2.26. The molecule has 0 fully saturated rings. The second kappa shape index (κ2) is 6.69. The van der Waals surface area contributed by atoms with E-state index in [1.807, 2.05) is 13.8 Å². The van der Waals surface area contributed by atoms with E-state index in [1.54, 1.807) is 0 Å². The summed E-state index contributed by atoms with van der Waals surface area (Å²) in [5.41, 5.74) is -0.573. The van der Waals surface area contributed by atoms with Crippen LogP contribution in [-0.4, -0.2) is 33.1 Å². The molecule has 0 unspecified atom stereocenters. The number of carbonyl (C=O) groups is 2. The minimum absolute atomic E-state index is 0.0480. The van der Waals surface area contributed by atoms with E-state index < -0.39 is 34.3 Å². The number of nitrogens with zero attached hydrogens (tertiary/aromatic N) is 1. The second-order valence-corrected chi connectivity index (χ2v) is 4.95. The Labute approximate surface area is 120 Å². The first-order valence-corrected chi connectivity index (χ1v) is 6.23. The van der Waals surface area contributed by atoms with Crippen molar-refractivity contribution in [1.29, 1.82) is 0 Å². The van der Waals surface area contributed by atoms with Gasteiger partial charge in [0, 0.05) is 11.6 Å². The van der Waals surface area contributed by atoms with Gasteiger partial charge in [-0.1, -0.05) is 13.8 Å². The Morgan fingerprint density at radius 3 is 2.43 bits per heavy atom. The van der Waals surface area contributed by atoms with Crippen LogP contribution in [-0.2, 0) is 4.79 Å². The molecule has 1 atom stereocenters. The summed E-state index contributed by atoms with van der Waals surface area (Å²) in [6.07, 6.45) is 0.250. The molecule has 1 amide bonds. The van der Waals surface area contributed by atoms with E-state index in [0.717, 1.165) is 18.2 Å². The van der Waals surface area contributed by atoms with Crippen molar-refractivity contribution >= 4 is 17.6 Å². The Balaban J connectivity index is 2.90. The number of carboxylic acid groups (broad SMARTS) is 1. The smallest absolute Gasteiger partial charge is 0.326 e. The average Bonchev–Trinajstić information content (AvgIpc) is 2.36. The SMILES string of the molecule is CC(C)C[C@@H](NC(=O)c1ccc([N+](=O)[O-])c(O)c1)C(=O)O. The van der Waals surface area contributed by atoms with Gasteiger partial charge in [0.2, 0.25) is 0 Å². The van der Waals surface area contributed by atoms with Gasteiger partial charge in [-0.15, -0.1) is 0 Å². The lowest BCUT2D eigenvalue weighted by Gasteiger charge is -2.16. The molecule has 1 rings (SSSR count). The van der Waals surface area contributed by atoms with E-state index in [1.165, 1.54) is 0 Å². The Kier molecular flexibility index (Phi) is 5.23. The molecule has 0 radical (unpaired) electrons. The summed E-state index contributed by atoms with van der Waals surface area (Å²) in [5.74, 6) is -2.46. The highest BCUT2D eigenvalue weighted by atomic mass is 16.6. The first kappa shape index (κ1) is 16.4. The van der Waals surface area contributed by atoms with Crippen LogP contribution in [0.15, 0.2) is 18.2 Å². The number of phenols is 1. The van der Waals surface area contributed by atoms with Gasteiger partial charge in [-0.2, -0.15) is 0 Å². The maximum Gasteiger partial charge on any atom is 0.326 e. The number of nitro benzene ring substituents is 1. The zero-order chi connectivity index (χ0) is 16.2. The van der Waals surface area contributed by atoms with Crippen molar-refractivity contribution in [3.63, 3.8) is 0 Å². The van der Waals surface area contributed by atoms with E-state index >= 15 is 0 Å². The number of hydrogen-bond donors (Lipinski definition) is 3. The molecular weight excluding hydrogens is 280 g/mol. The summed E-state index contributed by atoms with van der Waals surface area (Å²) < 4.78 is 0. The van der Waals surface area contributed by atoms with Gasteiger partial charge >= 0.3 is 11.7 Å². The predicted octanol–water partition coefficient (Wildman–Crippen LogP) is 1.53. The number of benzene rings is 1. The number of aliphatic carboxylic acids is 1. The fraction of sp³-hybridized carbons (Fsp3) is 0.385. The lowest BCUT2D eigenvalue weighted by atomic mass is 10.0. The first-order chi connectivity index (χ1) is 9.72. The summed E-state index contributed by atoms with van der Waals surface area (Å²) >= 11 is 0. The van der Waals surface area contributed by atoms with Crippen molar-refractivity contribution in [3.8, 4) is 5.75 Å². The molecule has 21 heavy (non-hydrogen) atoms. The molecule has 0 aliphatic rings. The van der Waals surface area contributed by atoms with Crippen LogP contribution in [0.4, 0.5) is 5.69 Å². The van der Waals surface area contributed by atoms with Crippen molar-refractivity contribution in [2.75, 3.05) is 0 Å². The third-order valence-corrected chi connectivity index (χ3v) is 2.74. The zero-order valence-corrected chi connectivity index (χ0v) is 11.6. The van der Waals surface area contributed by atoms with Crippen LogP contribution in [0.1, 0.15) is 30.6 Å². The summed E-state index contributed by atoms with van der Waals surface area (Å²) in [6.45, 7) is 3.64. The fourth-order valence-corrected chi connectivity index (χ4v) is 1.75. The van der Waals surface area contributed by atoms with Gasteiger partial charge in [-0.05, 0) is 24.5 Å². The normalized spacial score (nSPS) is 12.0. The van der Waals surface area contributed by atoms with E-state index in [9.17, 15) is 24.8 Å². The fourth-order valence-electron chi connectivity index (χ4n) is 1.75. The molecule has 0 bridgehead atoms.